The molecular formula is C10H13N3O4S. The van der Waals surface area contributed by atoms with Gasteiger partial charge in [-0.1, -0.05) is 0 Å². The standard InChI is InChI=1S/C10H13N3O4S/c11-10(12)6-13-18(14,15)7-1-2-8-9(5-7)17-4-3-16-8/h1-2,5,13H,3-4,6H2,(H3,11,12). The predicted molar refractivity (Wildman–Crippen MR) is 64.5 cm³/mol. The minimum Gasteiger partial charge on any atom is -0.486 e. The molecule has 0 spiro atoms. The molecule has 1 aromatic rings. The quantitative estimate of drug-likeness (QED) is 0.512. The number of nitrogens with one attached hydrogen (secondary N) is 2. The smallest absolute Gasteiger partial charge is 0.241 e. The van der Waals surface area contributed by atoms with E-state index in [9.17, 15) is 8.42 Å². The van der Waals surface area contributed by atoms with Gasteiger partial charge in [0.1, 0.15) is 19.0 Å². The van der Waals surface area contributed by atoms with Gasteiger partial charge in [-0.2, -0.15) is 0 Å². The van der Waals surface area contributed by atoms with E-state index in [1.807, 2.05) is 0 Å². The number of rotatable bonds is 4. The van der Waals surface area contributed by atoms with Crippen molar-refractivity contribution in [3.8, 4) is 11.5 Å². The number of benzene rings is 1. The highest BCUT2D eigenvalue weighted by atomic mass is 32.2. The van der Waals surface area contributed by atoms with Crippen molar-refractivity contribution in [1.29, 1.82) is 5.41 Å². The molecule has 7 nitrogen and oxygen atoms in total. The van der Waals surface area contributed by atoms with Gasteiger partial charge in [0, 0.05) is 6.07 Å². The van der Waals surface area contributed by atoms with Gasteiger partial charge in [-0.3, -0.25) is 5.41 Å². The van der Waals surface area contributed by atoms with Gasteiger partial charge in [-0.05, 0) is 12.1 Å². The van der Waals surface area contributed by atoms with Crippen LogP contribution in [0.2, 0.25) is 0 Å². The third-order valence-electron chi connectivity index (χ3n) is 2.28. The van der Waals surface area contributed by atoms with Crippen LogP contribution in [0.5, 0.6) is 11.5 Å². The molecule has 2 rings (SSSR count). The molecule has 1 aliphatic heterocycles. The largest absolute Gasteiger partial charge is 0.486 e. The zero-order chi connectivity index (χ0) is 13.2. The van der Waals surface area contributed by atoms with Gasteiger partial charge in [0.25, 0.3) is 0 Å². The highest BCUT2D eigenvalue weighted by Gasteiger charge is 2.19. The number of nitrogens with two attached hydrogens (primary N) is 1. The van der Waals surface area contributed by atoms with Crippen LogP contribution in [0.4, 0.5) is 0 Å². The summed E-state index contributed by atoms with van der Waals surface area (Å²) in [6.07, 6.45) is 0. The second kappa shape index (κ2) is 4.83. The van der Waals surface area contributed by atoms with Gasteiger partial charge < -0.3 is 15.2 Å². The van der Waals surface area contributed by atoms with E-state index in [0.29, 0.717) is 24.7 Å². The van der Waals surface area contributed by atoms with Gasteiger partial charge in [-0.15, -0.1) is 0 Å². The summed E-state index contributed by atoms with van der Waals surface area (Å²) in [4.78, 5) is 0.0491. The average Bonchev–Trinajstić information content (AvgIpc) is 2.36. The van der Waals surface area contributed by atoms with E-state index in [1.54, 1.807) is 0 Å². The van der Waals surface area contributed by atoms with Crippen molar-refractivity contribution in [3.63, 3.8) is 0 Å². The van der Waals surface area contributed by atoms with E-state index in [1.165, 1.54) is 18.2 Å². The fourth-order valence-electron chi connectivity index (χ4n) is 1.45. The monoisotopic (exact) mass is 271 g/mol. The Morgan fingerprint density at radius 1 is 1.33 bits per heavy atom. The second-order valence-corrected chi connectivity index (χ2v) is 5.42. The van der Waals surface area contributed by atoms with Crippen LogP contribution in [0.1, 0.15) is 0 Å². The summed E-state index contributed by atoms with van der Waals surface area (Å²) in [5.41, 5.74) is 5.10. The Labute approximate surface area is 104 Å². The maximum Gasteiger partial charge on any atom is 0.241 e. The van der Waals surface area contributed by atoms with Crippen molar-refractivity contribution in [1.82, 2.24) is 4.72 Å². The number of hydrogen-bond acceptors (Lipinski definition) is 5. The van der Waals surface area contributed by atoms with E-state index < -0.39 is 10.0 Å². The fraction of sp³-hybridized carbons (Fsp3) is 0.300. The van der Waals surface area contributed by atoms with Crippen LogP contribution in [0.15, 0.2) is 23.1 Å². The third-order valence-corrected chi connectivity index (χ3v) is 3.68. The van der Waals surface area contributed by atoms with Crippen LogP contribution in [0.25, 0.3) is 0 Å². The minimum absolute atomic E-state index is 0.0491. The molecule has 1 heterocycles. The maximum absolute atomic E-state index is 11.9. The van der Waals surface area contributed by atoms with Gasteiger partial charge in [0.05, 0.1) is 11.4 Å². The van der Waals surface area contributed by atoms with Crippen molar-refractivity contribution in [2.24, 2.45) is 5.73 Å². The van der Waals surface area contributed by atoms with E-state index in [-0.39, 0.29) is 17.3 Å². The Balaban J connectivity index is 2.25. The lowest BCUT2D eigenvalue weighted by atomic mass is 10.3. The topological polar surface area (TPSA) is 114 Å². The third kappa shape index (κ3) is 2.71. The fourth-order valence-corrected chi connectivity index (χ4v) is 2.47. The molecule has 8 heteroatoms. The molecule has 1 aliphatic rings. The highest BCUT2D eigenvalue weighted by molar-refractivity contribution is 7.89. The molecule has 0 unspecified atom stereocenters. The molecule has 0 aromatic heterocycles. The Bertz CT molecular complexity index is 570. The average molecular weight is 271 g/mol. The summed E-state index contributed by atoms with van der Waals surface area (Å²) < 4.78 is 36.5. The molecule has 0 saturated carbocycles. The lowest BCUT2D eigenvalue weighted by Gasteiger charge is -2.18. The first kappa shape index (κ1) is 12.7. The molecule has 0 fully saturated rings. The van der Waals surface area contributed by atoms with Crippen LogP contribution in [-0.2, 0) is 10.0 Å². The number of hydrogen-bond donors (Lipinski definition) is 3. The normalized spacial score (nSPS) is 14.2. The zero-order valence-electron chi connectivity index (χ0n) is 9.47. The number of fused-ring (bicyclic) bond motifs is 1. The molecule has 18 heavy (non-hydrogen) atoms. The van der Waals surface area contributed by atoms with Gasteiger partial charge in [0.2, 0.25) is 10.0 Å². The first-order valence-electron chi connectivity index (χ1n) is 5.21. The van der Waals surface area contributed by atoms with Crippen LogP contribution >= 0.6 is 0 Å². The summed E-state index contributed by atoms with van der Waals surface area (Å²) in [6.45, 7) is 0.607. The predicted octanol–water partition coefficient (Wildman–Crippen LogP) is -0.328. The molecule has 0 bridgehead atoms. The Kier molecular flexibility index (Phi) is 3.39. The van der Waals surface area contributed by atoms with Crippen LogP contribution in [0, 0.1) is 5.41 Å². The SMILES string of the molecule is N=C(N)CNS(=O)(=O)c1ccc2c(c1)OCCO2. The molecule has 98 valence electrons. The van der Waals surface area contributed by atoms with Crippen LogP contribution in [0.3, 0.4) is 0 Å². The lowest BCUT2D eigenvalue weighted by Crippen LogP contribution is -2.33. The van der Waals surface area contributed by atoms with Crippen molar-refractivity contribution in [2.75, 3.05) is 19.8 Å². The molecule has 0 amide bonds. The Hall–Kier alpha value is -1.80. The van der Waals surface area contributed by atoms with Crippen molar-refractivity contribution < 1.29 is 17.9 Å². The molecule has 4 N–H and O–H groups in total. The summed E-state index contributed by atoms with van der Waals surface area (Å²) in [5, 5.41) is 6.99. The van der Waals surface area contributed by atoms with E-state index in [0.717, 1.165) is 0 Å². The summed E-state index contributed by atoms with van der Waals surface area (Å²) in [5.74, 6) is 0.662. The highest BCUT2D eigenvalue weighted by Crippen LogP contribution is 2.31. The Morgan fingerprint density at radius 2 is 2.00 bits per heavy atom. The maximum atomic E-state index is 11.9. The van der Waals surface area contributed by atoms with Crippen LogP contribution in [-0.4, -0.2) is 34.0 Å². The van der Waals surface area contributed by atoms with E-state index >= 15 is 0 Å². The first-order chi connectivity index (χ1) is 8.49. The number of sulfonamides is 1. The van der Waals surface area contributed by atoms with Crippen LogP contribution < -0.4 is 19.9 Å². The molecule has 0 aliphatic carbocycles. The van der Waals surface area contributed by atoms with Gasteiger partial charge in [0.15, 0.2) is 11.5 Å². The summed E-state index contributed by atoms with van der Waals surface area (Å²) in [6, 6.07) is 4.34. The molecule has 1 aromatic carbocycles. The van der Waals surface area contributed by atoms with Crippen molar-refractivity contribution in [2.45, 2.75) is 4.90 Å². The van der Waals surface area contributed by atoms with E-state index in [2.05, 4.69) is 4.72 Å². The molecule has 0 atom stereocenters. The summed E-state index contributed by atoms with van der Waals surface area (Å²) >= 11 is 0. The molecular weight excluding hydrogens is 258 g/mol. The van der Waals surface area contributed by atoms with E-state index in [4.69, 9.17) is 20.6 Å². The first-order valence-corrected chi connectivity index (χ1v) is 6.69. The Morgan fingerprint density at radius 3 is 2.67 bits per heavy atom. The number of ether oxygens (including phenoxy) is 2. The lowest BCUT2D eigenvalue weighted by molar-refractivity contribution is 0.171. The van der Waals surface area contributed by atoms with Gasteiger partial charge in [-0.25, -0.2) is 13.1 Å². The minimum atomic E-state index is -3.70. The molecule has 0 saturated heterocycles. The summed E-state index contributed by atoms with van der Waals surface area (Å²) in [7, 11) is -3.70. The van der Waals surface area contributed by atoms with Crippen molar-refractivity contribution >= 4 is 15.9 Å². The zero-order valence-corrected chi connectivity index (χ0v) is 10.3. The second-order valence-electron chi connectivity index (χ2n) is 3.66. The molecule has 0 radical (unpaired) electrons. The number of amidine groups is 1. The van der Waals surface area contributed by atoms with Crippen molar-refractivity contribution in [3.05, 3.63) is 18.2 Å². The van der Waals surface area contributed by atoms with Gasteiger partial charge >= 0.3 is 0 Å².